The minimum Gasteiger partial charge on any atom is -0.480 e. The number of hydroxylamine groups is 1. The van der Waals surface area contributed by atoms with Gasteiger partial charge >= 0.3 is 5.97 Å². The van der Waals surface area contributed by atoms with Crippen LogP contribution in [-0.2, 0) is 30.9 Å². The van der Waals surface area contributed by atoms with Gasteiger partial charge in [0.15, 0.2) is 0 Å². The summed E-state index contributed by atoms with van der Waals surface area (Å²) >= 11 is 0. The van der Waals surface area contributed by atoms with Gasteiger partial charge in [0.1, 0.15) is 11.9 Å². The third-order valence-electron chi connectivity index (χ3n) is 5.69. The van der Waals surface area contributed by atoms with Crippen molar-refractivity contribution < 1.29 is 28.0 Å². The molecule has 3 rings (SSSR count). The molecule has 188 valence electrons. The van der Waals surface area contributed by atoms with Gasteiger partial charge in [-0.15, -0.1) is 0 Å². The molecule has 1 saturated heterocycles. The third-order valence-corrected chi connectivity index (χ3v) is 7.43. The second-order valence-corrected chi connectivity index (χ2v) is 10.3. The number of amides is 1. The lowest BCUT2D eigenvalue weighted by Crippen LogP contribution is -2.49. The highest BCUT2D eigenvalue weighted by Crippen LogP contribution is 2.28. The number of aryl methyl sites for hydroxylation is 1. The van der Waals surface area contributed by atoms with Crippen molar-refractivity contribution in [1.29, 1.82) is 5.41 Å². The SMILES string of the molecule is N=C(N)c1ccc([C@@H]2C[C@H](CC(=O)N(C[C@H](N)C(=O)O)S(=O)(=O)CCc3ccccc3)ON2)cc1. The first-order chi connectivity index (χ1) is 16.6. The van der Waals surface area contributed by atoms with Crippen molar-refractivity contribution in [2.24, 2.45) is 11.5 Å². The van der Waals surface area contributed by atoms with E-state index in [2.05, 4.69) is 5.48 Å². The summed E-state index contributed by atoms with van der Waals surface area (Å²) in [6.07, 6.45) is -0.359. The van der Waals surface area contributed by atoms with Crippen molar-refractivity contribution in [2.45, 2.75) is 37.5 Å². The Morgan fingerprint density at radius 2 is 1.83 bits per heavy atom. The minimum atomic E-state index is -4.14. The third kappa shape index (κ3) is 7.09. The number of nitrogens with one attached hydrogen (secondary N) is 2. The van der Waals surface area contributed by atoms with Gasteiger partial charge in [-0.3, -0.25) is 19.8 Å². The summed E-state index contributed by atoms with van der Waals surface area (Å²) in [6, 6.07) is 14.1. The van der Waals surface area contributed by atoms with Gasteiger partial charge in [0.05, 0.1) is 30.9 Å². The topological polar surface area (TPSA) is 189 Å². The van der Waals surface area contributed by atoms with Crippen LogP contribution in [0, 0.1) is 5.41 Å². The van der Waals surface area contributed by atoms with E-state index in [1.165, 1.54) is 0 Å². The first-order valence-corrected chi connectivity index (χ1v) is 12.6. The second-order valence-electron chi connectivity index (χ2n) is 8.31. The number of amidine groups is 1. The molecule has 12 heteroatoms. The van der Waals surface area contributed by atoms with E-state index in [1.54, 1.807) is 54.6 Å². The van der Waals surface area contributed by atoms with Gasteiger partial charge in [0.25, 0.3) is 0 Å². The minimum absolute atomic E-state index is 0.0520. The van der Waals surface area contributed by atoms with Gasteiger partial charge < -0.3 is 16.6 Å². The van der Waals surface area contributed by atoms with Crippen molar-refractivity contribution in [3.63, 3.8) is 0 Å². The highest BCUT2D eigenvalue weighted by atomic mass is 32.2. The van der Waals surface area contributed by atoms with E-state index >= 15 is 0 Å². The number of carboxylic acid groups (broad SMARTS) is 1. The van der Waals surface area contributed by atoms with Crippen LogP contribution in [0.25, 0.3) is 0 Å². The smallest absolute Gasteiger partial charge is 0.322 e. The molecule has 0 spiro atoms. The lowest BCUT2D eigenvalue weighted by Gasteiger charge is -2.25. The molecule has 1 aliphatic rings. The van der Waals surface area contributed by atoms with Gasteiger partial charge in [-0.1, -0.05) is 54.6 Å². The maximum atomic E-state index is 13.0. The highest BCUT2D eigenvalue weighted by Gasteiger charge is 2.35. The van der Waals surface area contributed by atoms with Gasteiger partial charge in [0, 0.05) is 5.56 Å². The van der Waals surface area contributed by atoms with Crippen LogP contribution >= 0.6 is 0 Å². The van der Waals surface area contributed by atoms with Crippen molar-refractivity contribution in [1.82, 2.24) is 9.79 Å². The van der Waals surface area contributed by atoms with E-state index < -0.39 is 40.6 Å². The monoisotopic (exact) mass is 503 g/mol. The number of sulfonamides is 1. The predicted octanol–water partition coefficient (Wildman–Crippen LogP) is 0.508. The van der Waals surface area contributed by atoms with Gasteiger partial charge in [-0.05, 0) is 24.0 Å². The molecule has 2 aromatic rings. The van der Waals surface area contributed by atoms with E-state index in [-0.39, 0.29) is 30.5 Å². The number of nitrogens with zero attached hydrogens (tertiary/aromatic N) is 1. The molecule has 1 fully saturated rings. The Labute approximate surface area is 203 Å². The highest BCUT2D eigenvalue weighted by molar-refractivity contribution is 7.89. The lowest BCUT2D eigenvalue weighted by atomic mass is 9.99. The Bertz CT molecular complexity index is 1160. The Balaban J connectivity index is 1.68. The molecule has 3 atom stereocenters. The van der Waals surface area contributed by atoms with Gasteiger partial charge in [-0.2, -0.15) is 5.48 Å². The van der Waals surface area contributed by atoms with E-state index in [1.807, 2.05) is 0 Å². The molecule has 0 aromatic heterocycles. The van der Waals surface area contributed by atoms with Crippen LogP contribution < -0.4 is 16.9 Å². The average molecular weight is 504 g/mol. The molecule has 0 unspecified atom stereocenters. The zero-order valence-corrected chi connectivity index (χ0v) is 19.8. The summed E-state index contributed by atoms with van der Waals surface area (Å²) in [4.78, 5) is 29.8. The maximum absolute atomic E-state index is 13.0. The zero-order valence-electron chi connectivity index (χ0n) is 19.0. The number of rotatable bonds is 11. The van der Waals surface area contributed by atoms with E-state index in [0.29, 0.717) is 16.3 Å². The molecule has 1 heterocycles. The normalized spacial score (nSPS) is 18.7. The fourth-order valence-electron chi connectivity index (χ4n) is 3.69. The summed E-state index contributed by atoms with van der Waals surface area (Å²) in [5.74, 6) is -2.61. The largest absolute Gasteiger partial charge is 0.480 e. The molecule has 1 amide bonds. The lowest BCUT2D eigenvalue weighted by molar-refractivity contribution is -0.139. The molecule has 2 aromatic carbocycles. The Morgan fingerprint density at radius 1 is 1.17 bits per heavy atom. The summed E-state index contributed by atoms with van der Waals surface area (Å²) in [5.41, 5.74) is 16.1. The fraction of sp³-hybridized carbons (Fsp3) is 0.348. The standard InChI is InChI=1S/C23H29N5O6S/c24-19(23(30)31)14-28(35(32,33)11-10-15-4-2-1-3-5-15)21(29)13-18-12-20(27-34-18)16-6-8-17(9-7-16)22(25)26/h1-9,18-20,27H,10-14,24H2,(H3,25,26)(H,30,31)/t18-,19+,20+/m1/s1. The number of benzene rings is 2. The Kier molecular flexibility index (Phi) is 8.57. The molecule has 0 bridgehead atoms. The van der Waals surface area contributed by atoms with Crippen molar-refractivity contribution >= 4 is 27.7 Å². The van der Waals surface area contributed by atoms with Gasteiger partial charge in [-0.25, -0.2) is 12.7 Å². The molecule has 0 saturated carbocycles. The first kappa shape index (κ1) is 26.3. The van der Waals surface area contributed by atoms with E-state index in [9.17, 15) is 23.1 Å². The number of carbonyl (C=O) groups excluding carboxylic acids is 1. The van der Waals surface area contributed by atoms with Crippen LogP contribution in [0.4, 0.5) is 0 Å². The number of aliphatic carboxylic acids is 1. The van der Waals surface area contributed by atoms with E-state index in [0.717, 1.165) is 11.1 Å². The Morgan fingerprint density at radius 3 is 2.43 bits per heavy atom. The summed E-state index contributed by atoms with van der Waals surface area (Å²) in [5, 5.41) is 16.6. The van der Waals surface area contributed by atoms with Gasteiger partial charge in [0.2, 0.25) is 15.9 Å². The molecule has 11 nitrogen and oxygen atoms in total. The number of hydrogen-bond acceptors (Lipinski definition) is 8. The summed E-state index contributed by atoms with van der Waals surface area (Å²) < 4.78 is 26.6. The molecule has 1 aliphatic heterocycles. The number of carboxylic acids is 1. The van der Waals surface area contributed by atoms with Crippen molar-refractivity contribution in [3.8, 4) is 0 Å². The molecular weight excluding hydrogens is 474 g/mol. The quantitative estimate of drug-likeness (QED) is 0.215. The molecular formula is C23H29N5O6S. The molecule has 35 heavy (non-hydrogen) atoms. The van der Waals surface area contributed by atoms with Crippen LogP contribution in [0.2, 0.25) is 0 Å². The predicted molar refractivity (Wildman–Crippen MR) is 129 cm³/mol. The number of nitrogen functional groups attached to an aromatic ring is 1. The fourth-order valence-corrected chi connectivity index (χ4v) is 5.17. The summed E-state index contributed by atoms with van der Waals surface area (Å²) in [7, 11) is -4.14. The van der Waals surface area contributed by atoms with E-state index in [4.69, 9.17) is 21.7 Å². The van der Waals surface area contributed by atoms with Crippen LogP contribution in [-0.4, -0.2) is 60.0 Å². The van der Waals surface area contributed by atoms with Crippen LogP contribution in [0.5, 0.6) is 0 Å². The number of nitrogens with two attached hydrogens (primary N) is 2. The average Bonchev–Trinajstić information content (AvgIpc) is 3.30. The molecule has 7 N–H and O–H groups in total. The number of hydrogen-bond donors (Lipinski definition) is 5. The van der Waals surface area contributed by atoms with Crippen LogP contribution in [0.15, 0.2) is 54.6 Å². The Hall–Kier alpha value is -3.32. The number of carbonyl (C=O) groups is 2. The molecule has 0 aliphatic carbocycles. The molecule has 0 radical (unpaired) electrons. The van der Waals surface area contributed by atoms with Crippen LogP contribution in [0.1, 0.15) is 35.6 Å². The van der Waals surface area contributed by atoms with Crippen molar-refractivity contribution in [3.05, 3.63) is 71.3 Å². The maximum Gasteiger partial charge on any atom is 0.322 e. The zero-order chi connectivity index (χ0) is 25.6. The second kappa shape index (κ2) is 11.4. The van der Waals surface area contributed by atoms with Crippen LogP contribution in [0.3, 0.4) is 0 Å². The first-order valence-electron chi connectivity index (χ1n) is 11.0. The summed E-state index contributed by atoms with van der Waals surface area (Å²) in [6.45, 7) is -0.665. The van der Waals surface area contributed by atoms with Crippen molar-refractivity contribution in [2.75, 3.05) is 12.3 Å².